The Hall–Kier alpha value is -1.60. The van der Waals surface area contributed by atoms with Crippen molar-refractivity contribution in [2.24, 2.45) is 11.7 Å². The molecule has 2 rings (SSSR count). The Morgan fingerprint density at radius 3 is 2.25 bits per heavy atom. The fourth-order valence-corrected chi connectivity index (χ4v) is 4.90. The summed E-state index contributed by atoms with van der Waals surface area (Å²) in [6.45, 7) is -0.168. The number of benzene rings is 1. The highest BCUT2D eigenvalue weighted by atomic mass is 35.5. The van der Waals surface area contributed by atoms with Gasteiger partial charge in [0.1, 0.15) is 0 Å². The smallest absolute Gasteiger partial charge is 0.236 e. The van der Waals surface area contributed by atoms with E-state index in [4.69, 9.17) is 17.3 Å². The van der Waals surface area contributed by atoms with Crippen molar-refractivity contribution in [3.05, 3.63) is 29.3 Å². The first-order valence-corrected chi connectivity index (χ1v) is 9.76. The van der Waals surface area contributed by atoms with Gasteiger partial charge in [-0.15, -0.1) is 0 Å². The summed E-state index contributed by atoms with van der Waals surface area (Å²) in [4.78, 5) is 22.6. The van der Waals surface area contributed by atoms with E-state index in [9.17, 15) is 18.0 Å². The number of hydrogen-bond donors (Lipinski definition) is 2. The van der Waals surface area contributed by atoms with Gasteiger partial charge in [0, 0.05) is 11.4 Å². The molecule has 1 aromatic rings. The number of carbonyl (C=O) groups is 2. The normalized spacial score (nSPS) is 21.2. The molecule has 6 nitrogen and oxygen atoms in total. The van der Waals surface area contributed by atoms with E-state index in [0.717, 1.165) is 0 Å². The van der Waals surface area contributed by atoms with E-state index in [1.807, 2.05) is 0 Å². The Morgan fingerprint density at radius 1 is 1.12 bits per heavy atom. The van der Waals surface area contributed by atoms with Crippen LogP contribution in [0.5, 0.6) is 0 Å². The first kappa shape index (κ1) is 18.7. The van der Waals surface area contributed by atoms with Gasteiger partial charge in [0.2, 0.25) is 11.8 Å². The predicted octanol–water partition coefficient (Wildman–Crippen LogP) is 1.66. The van der Waals surface area contributed by atoms with Crippen molar-refractivity contribution in [3.8, 4) is 0 Å². The highest BCUT2D eigenvalue weighted by Gasteiger charge is 2.32. The molecule has 1 aliphatic rings. The van der Waals surface area contributed by atoms with Crippen LogP contribution >= 0.6 is 11.6 Å². The van der Waals surface area contributed by atoms with Crippen LogP contribution in [0.1, 0.15) is 32.1 Å². The topological polar surface area (TPSA) is 106 Å². The minimum atomic E-state index is -3.37. The van der Waals surface area contributed by atoms with Gasteiger partial charge in [0.05, 0.1) is 16.7 Å². The molecular weight excluding hydrogens is 352 g/mol. The Balaban J connectivity index is 1.89. The average molecular weight is 373 g/mol. The molecule has 132 valence electrons. The number of nitrogens with two attached hydrogens (primary N) is 1. The molecule has 2 amide bonds. The standard InChI is InChI=1S/C16H21ClN2O4S/c17-12-3-7-14(8-4-12)24(22,23)13-5-1-11(2-6-13)9-16(21)19-10-15(18)20/h3-4,7-8,11,13H,1-2,5-6,9-10H2,(H2,18,20)(H,19,21)/t11-,13+. The zero-order valence-corrected chi connectivity index (χ0v) is 14.8. The summed E-state index contributed by atoms with van der Waals surface area (Å²) in [5.74, 6) is -0.673. The molecule has 1 fully saturated rings. The van der Waals surface area contributed by atoms with Crippen LogP contribution in [0.2, 0.25) is 5.02 Å². The maximum Gasteiger partial charge on any atom is 0.236 e. The van der Waals surface area contributed by atoms with Crippen LogP contribution in [0, 0.1) is 5.92 Å². The lowest BCUT2D eigenvalue weighted by molar-refractivity contribution is -0.125. The number of rotatable bonds is 6. The molecule has 24 heavy (non-hydrogen) atoms. The minimum absolute atomic E-state index is 0.134. The fourth-order valence-electron chi connectivity index (χ4n) is 2.98. The van der Waals surface area contributed by atoms with Gasteiger partial charge in [-0.2, -0.15) is 0 Å². The Labute approximate surface area is 146 Å². The number of carbonyl (C=O) groups excluding carboxylic acids is 2. The van der Waals surface area contributed by atoms with Crippen molar-refractivity contribution >= 4 is 33.3 Å². The van der Waals surface area contributed by atoms with Crippen molar-refractivity contribution < 1.29 is 18.0 Å². The number of halogens is 1. The quantitative estimate of drug-likeness (QED) is 0.791. The lowest BCUT2D eigenvalue weighted by Crippen LogP contribution is -2.35. The first-order valence-electron chi connectivity index (χ1n) is 7.83. The zero-order chi connectivity index (χ0) is 17.7. The summed E-state index contributed by atoms with van der Waals surface area (Å²) in [6.07, 6.45) is 2.68. The third-order valence-corrected chi connectivity index (χ3v) is 6.84. The van der Waals surface area contributed by atoms with E-state index in [1.165, 1.54) is 12.1 Å². The largest absolute Gasteiger partial charge is 0.368 e. The van der Waals surface area contributed by atoms with E-state index in [0.29, 0.717) is 37.1 Å². The van der Waals surface area contributed by atoms with Crippen molar-refractivity contribution in [2.45, 2.75) is 42.2 Å². The van der Waals surface area contributed by atoms with Crippen molar-refractivity contribution in [2.75, 3.05) is 6.54 Å². The van der Waals surface area contributed by atoms with Crippen LogP contribution in [-0.4, -0.2) is 32.0 Å². The van der Waals surface area contributed by atoms with Gasteiger partial charge in [-0.25, -0.2) is 8.42 Å². The van der Waals surface area contributed by atoms with Crippen molar-refractivity contribution in [1.82, 2.24) is 5.32 Å². The molecule has 1 aromatic carbocycles. The second-order valence-electron chi connectivity index (χ2n) is 6.09. The minimum Gasteiger partial charge on any atom is -0.368 e. The van der Waals surface area contributed by atoms with Gasteiger partial charge in [-0.05, 0) is 55.9 Å². The molecule has 0 saturated heterocycles. The third-order valence-electron chi connectivity index (χ3n) is 4.31. The van der Waals surface area contributed by atoms with Gasteiger partial charge in [-0.1, -0.05) is 11.6 Å². The molecular formula is C16H21ClN2O4S. The van der Waals surface area contributed by atoms with Crippen LogP contribution in [0.25, 0.3) is 0 Å². The van der Waals surface area contributed by atoms with Crippen molar-refractivity contribution in [3.63, 3.8) is 0 Å². The predicted molar refractivity (Wildman–Crippen MR) is 91.2 cm³/mol. The van der Waals surface area contributed by atoms with Gasteiger partial charge in [-0.3, -0.25) is 9.59 Å². The summed E-state index contributed by atoms with van der Waals surface area (Å²) in [6, 6.07) is 6.20. The molecule has 0 atom stereocenters. The summed E-state index contributed by atoms with van der Waals surface area (Å²) in [7, 11) is -3.37. The third kappa shape index (κ3) is 4.95. The Morgan fingerprint density at radius 2 is 1.71 bits per heavy atom. The van der Waals surface area contributed by atoms with E-state index in [2.05, 4.69) is 5.32 Å². The average Bonchev–Trinajstić information content (AvgIpc) is 2.54. The Bertz CT molecular complexity index is 695. The number of primary amides is 1. The van der Waals surface area contributed by atoms with Gasteiger partial charge in [0.15, 0.2) is 9.84 Å². The zero-order valence-electron chi connectivity index (χ0n) is 13.2. The molecule has 0 aromatic heterocycles. The van der Waals surface area contributed by atoms with E-state index >= 15 is 0 Å². The van der Waals surface area contributed by atoms with Crippen LogP contribution in [-0.2, 0) is 19.4 Å². The fraction of sp³-hybridized carbons (Fsp3) is 0.500. The number of nitrogens with one attached hydrogen (secondary N) is 1. The highest BCUT2D eigenvalue weighted by Crippen LogP contribution is 2.33. The van der Waals surface area contributed by atoms with E-state index in [-0.39, 0.29) is 23.3 Å². The lowest BCUT2D eigenvalue weighted by Gasteiger charge is -2.28. The second kappa shape index (κ2) is 7.98. The monoisotopic (exact) mass is 372 g/mol. The summed E-state index contributed by atoms with van der Waals surface area (Å²) >= 11 is 5.80. The van der Waals surface area contributed by atoms with Gasteiger partial charge in [0.25, 0.3) is 0 Å². The van der Waals surface area contributed by atoms with Crippen LogP contribution in [0.3, 0.4) is 0 Å². The SMILES string of the molecule is NC(=O)CNC(=O)C[C@H]1CC[C@@H](S(=O)(=O)c2ccc(Cl)cc2)CC1. The molecule has 0 bridgehead atoms. The summed E-state index contributed by atoms with van der Waals surface area (Å²) in [5.41, 5.74) is 4.98. The lowest BCUT2D eigenvalue weighted by atomic mass is 9.86. The molecule has 1 aliphatic carbocycles. The maximum atomic E-state index is 12.6. The van der Waals surface area contributed by atoms with Crippen LogP contribution < -0.4 is 11.1 Å². The van der Waals surface area contributed by atoms with Gasteiger partial charge < -0.3 is 11.1 Å². The maximum absolute atomic E-state index is 12.6. The first-order chi connectivity index (χ1) is 11.3. The summed E-state index contributed by atoms with van der Waals surface area (Å²) in [5, 5.41) is 2.53. The molecule has 0 unspecified atom stereocenters. The van der Waals surface area contributed by atoms with Crippen LogP contribution in [0.4, 0.5) is 0 Å². The van der Waals surface area contributed by atoms with E-state index < -0.39 is 21.0 Å². The molecule has 0 aliphatic heterocycles. The number of amides is 2. The highest BCUT2D eigenvalue weighted by molar-refractivity contribution is 7.92. The Kier molecular flexibility index (Phi) is 6.23. The molecule has 1 saturated carbocycles. The van der Waals surface area contributed by atoms with E-state index in [1.54, 1.807) is 12.1 Å². The second-order valence-corrected chi connectivity index (χ2v) is 8.75. The molecule has 8 heteroatoms. The number of sulfone groups is 1. The molecule has 0 spiro atoms. The molecule has 3 N–H and O–H groups in total. The van der Waals surface area contributed by atoms with Crippen molar-refractivity contribution in [1.29, 1.82) is 0 Å². The van der Waals surface area contributed by atoms with Gasteiger partial charge >= 0.3 is 0 Å². The number of hydrogen-bond acceptors (Lipinski definition) is 4. The molecule has 0 heterocycles. The molecule has 0 radical (unpaired) electrons. The van der Waals surface area contributed by atoms with Crippen LogP contribution in [0.15, 0.2) is 29.2 Å². The summed E-state index contributed by atoms with van der Waals surface area (Å²) < 4.78 is 25.3.